The van der Waals surface area contributed by atoms with Crippen LogP contribution in [0.5, 0.6) is 0 Å². The predicted molar refractivity (Wildman–Crippen MR) is 109 cm³/mol. The molecule has 2 aromatic rings. The van der Waals surface area contributed by atoms with Crippen molar-refractivity contribution in [3.8, 4) is 0 Å². The number of anilines is 1. The summed E-state index contributed by atoms with van der Waals surface area (Å²) in [6.45, 7) is 5.95. The number of nitrogens with one attached hydrogen (secondary N) is 2. The van der Waals surface area contributed by atoms with E-state index < -0.39 is 0 Å². The minimum atomic E-state index is 0.736. The van der Waals surface area contributed by atoms with Crippen molar-refractivity contribution < 1.29 is 0 Å². The zero-order chi connectivity index (χ0) is 18.2. The molecule has 3 rings (SSSR count). The van der Waals surface area contributed by atoms with Gasteiger partial charge in [-0.1, -0.05) is 6.92 Å². The van der Waals surface area contributed by atoms with Gasteiger partial charge in [-0.25, -0.2) is 9.97 Å². The molecule has 0 aliphatic carbocycles. The lowest BCUT2D eigenvalue weighted by Gasteiger charge is -2.17. The summed E-state index contributed by atoms with van der Waals surface area (Å²) in [5.41, 5.74) is 1.22. The molecule has 0 bridgehead atoms. The molecule has 0 radical (unpaired) electrons. The van der Waals surface area contributed by atoms with Gasteiger partial charge < -0.3 is 15.5 Å². The van der Waals surface area contributed by atoms with E-state index in [0.717, 1.165) is 50.8 Å². The van der Waals surface area contributed by atoms with Gasteiger partial charge in [-0.3, -0.25) is 4.99 Å². The Hall–Kier alpha value is -2.15. The summed E-state index contributed by atoms with van der Waals surface area (Å²) >= 11 is 1.79. The molecule has 2 aromatic heterocycles. The van der Waals surface area contributed by atoms with Crippen LogP contribution in [0.25, 0.3) is 0 Å². The molecule has 1 aliphatic rings. The van der Waals surface area contributed by atoms with Crippen LogP contribution in [0.3, 0.4) is 0 Å². The summed E-state index contributed by atoms with van der Waals surface area (Å²) < 4.78 is 0. The fourth-order valence-corrected chi connectivity index (χ4v) is 3.87. The molecule has 3 heterocycles. The highest BCUT2D eigenvalue weighted by Gasteiger charge is 2.13. The number of thiazole rings is 1. The third-order valence-corrected chi connectivity index (χ3v) is 5.71. The molecule has 1 aliphatic heterocycles. The van der Waals surface area contributed by atoms with Crippen molar-refractivity contribution in [3.05, 3.63) is 40.0 Å². The third kappa shape index (κ3) is 5.17. The van der Waals surface area contributed by atoms with Crippen molar-refractivity contribution in [2.45, 2.75) is 39.2 Å². The molecule has 140 valence electrons. The van der Waals surface area contributed by atoms with E-state index in [2.05, 4.69) is 49.6 Å². The second-order valence-corrected chi connectivity index (χ2v) is 7.59. The second kappa shape index (κ2) is 9.52. The topological polar surface area (TPSA) is 65.4 Å². The Morgan fingerprint density at radius 1 is 1.27 bits per heavy atom. The molecule has 6 nitrogen and oxygen atoms in total. The highest BCUT2D eigenvalue weighted by molar-refractivity contribution is 7.11. The number of pyridine rings is 1. The molecule has 1 saturated heterocycles. The van der Waals surface area contributed by atoms with Crippen molar-refractivity contribution in [2.24, 2.45) is 4.99 Å². The van der Waals surface area contributed by atoms with Crippen LogP contribution in [0.4, 0.5) is 5.82 Å². The zero-order valence-corrected chi connectivity index (χ0v) is 16.5. The van der Waals surface area contributed by atoms with Gasteiger partial charge in [-0.2, -0.15) is 0 Å². The van der Waals surface area contributed by atoms with Gasteiger partial charge in [-0.05, 0) is 37.0 Å². The van der Waals surface area contributed by atoms with Crippen molar-refractivity contribution in [1.29, 1.82) is 0 Å². The lowest BCUT2D eigenvalue weighted by Crippen LogP contribution is -2.37. The van der Waals surface area contributed by atoms with Crippen LogP contribution in [-0.2, 0) is 19.4 Å². The molecular formula is C19H28N6S. The van der Waals surface area contributed by atoms with E-state index in [1.54, 1.807) is 18.4 Å². The monoisotopic (exact) mass is 372 g/mol. The quantitative estimate of drug-likeness (QED) is 0.578. The average molecular weight is 373 g/mol. The Morgan fingerprint density at radius 3 is 2.85 bits per heavy atom. The van der Waals surface area contributed by atoms with Crippen molar-refractivity contribution in [1.82, 2.24) is 20.6 Å². The van der Waals surface area contributed by atoms with Gasteiger partial charge in [0.15, 0.2) is 5.96 Å². The van der Waals surface area contributed by atoms with E-state index in [1.807, 2.05) is 12.4 Å². The molecule has 26 heavy (non-hydrogen) atoms. The Balaban J connectivity index is 1.45. The molecule has 1 fully saturated rings. The van der Waals surface area contributed by atoms with Crippen LogP contribution in [0.1, 0.15) is 35.2 Å². The van der Waals surface area contributed by atoms with E-state index in [0.29, 0.717) is 0 Å². The maximum absolute atomic E-state index is 4.51. The van der Waals surface area contributed by atoms with E-state index in [1.165, 1.54) is 28.3 Å². The maximum atomic E-state index is 4.51. The highest BCUT2D eigenvalue weighted by atomic mass is 32.1. The fraction of sp³-hybridized carbons (Fsp3) is 0.526. The van der Waals surface area contributed by atoms with Crippen LogP contribution in [0, 0.1) is 0 Å². The molecule has 0 unspecified atom stereocenters. The maximum Gasteiger partial charge on any atom is 0.191 e. The number of nitrogens with zero attached hydrogens (tertiary/aromatic N) is 4. The van der Waals surface area contributed by atoms with Crippen molar-refractivity contribution in [2.75, 3.05) is 31.6 Å². The summed E-state index contributed by atoms with van der Waals surface area (Å²) in [5, 5.41) is 7.92. The molecule has 0 aromatic carbocycles. The van der Waals surface area contributed by atoms with Crippen LogP contribution in [-0.4, -0.2) is 42.6 Å². The third-order valence-electron chi connectivity index (χ3n) is 4.50. The predicted octanol–water partition coefficient (Wildman–Crippen LogP) is 2.61. The first-order valence-electron chi connectivity index (χ1n) is 9.36. The van der Waals surface area contributed by atoms with Gasteiger partial charge in [0.25, 0.3) is 0 Å². The van der Waals surface area contributed by atoms with E-state index >= 15 is 0 Å². The summed E-state index contributed by atoms with van der Waals surface area (Å²) in [5.74, 6) is 1.90. The van der Waals surface area contributed by atoms with Crippen molar-refractivity contribution in [3.63, 3.8) is 0 Å². The molecule has 0 saturated carbocycles. The Morgan fingerprint density at radius 2 is 2.12 bits per heavy atom. The van der Waals surface area contributed by atoms with Gasteiger partial charge >= 0.3 is 0 Å². The first-order chi connectivity index (χ1) is 12.8. The Bertz CT molecular complexity index is 720. The second-order valence-electron chi connectivity index (χ2n) is 6.39. The van der Waals surface area contributed by atoms with Crippen LogP contribution in [0.2, 0.25) is 0 Å². The van der Waals surface area contributed by atoms with E-state index in [4.69, 9.17) is 0 Å². The molecule has 7 heteroatoms. The van der Waals surface area contributed by atoms with Gasteiger partial charge in [0.2, 0.25) is 0 Å². The van der Waals surface area contributed by atoms with Crippen LogP contribution in [0.15, 0.2) is 29.5 Å². The fourth-order valence-electron chi connectivity index (χ4n) is 3.01. The first-order valence-corrected chi connectivity index (χ1v) is 10.2. The summed E-state index contributed by atoms with van der Waals surface area (Å²) in [4.78, 5) is 17.0. The number of guanidine groups is 1. The summed E-state index contributed by atoms with van der Waals surface area (Å²) in [6.07, 6.45) is 8.38. The minimum Gasteiger partial charge on any atom is -0.357 e. The first kappa shape index (κ1) is 18.6. The molecular weight excluding hydrogens is 344 g/mol. The number of hydrogen-bond acceptors (Lipinski definition) is 5. The SMILES string of the molecule is CCc1cnc(CCNC(=NC)NCc2ccnc(N3CCCC3)c2)s1. The van der Waals surface area contributed by atoms with Gasteiger partial charge in [-0.15, -0.1) is 11.3 Å². The number of rotatable bonds is 7. The van der Waals surface area contributed by atoms with Gasteiger partial charge in [0, 0.05) is 56.9 Å². The Labute approximate surface area is 159 Å². The normalized spacial score (nSPS) is 14.7. The number of aliphatic imine (C=N–C) groups is 1. The summed E-state index contributed by atoms with van der Waals surface area (Å²) in [6, 6.07) is 4.23. The van der Waals surface area contributed by atoms with Crippen molar-refractivity contribution >= 4 is 23.1 Å². The lowest BCUT2D eigenvalue weighted by atomic mass is 10.2. The minimum absolute atomic E-state index is 0.736. The molecule has 0 amide bonds. The van der Waals surface area contributed by atoms with E-state index in [9.17, 15) is 0 Å². The van der Waals surface area contributed by atoms with Crippen LogP contribution < -0.4 is 15.5 Å². The van der Waals surface area contributed by atoms with E-state index in [-0.39, 0.29) is 0 Å². The largest absolute Gasteiger partial charge is 0.357 e. The standard InChI is InChI=1S/C19H28N6S/c1-3-16-14-23-18(26-16)7-9-22-19(20-2)24-13-15-6-8-21-17(12-15)25-10-4-5-11-25/h6,8,12,14H,3-5,7,9-11,13H2,1-2H3,(H2,20,22,24). The molecule has 0 atom stereocenters. The smallest absolute Gasteiger partial charge is 0.191 e. The summed E-state index contributed by atoms with van der Waals surface area (Å²) in [7, 11) is 1.80. The van der Waals surface area contributed by atoms with Crippen LogP contribution >= 0.6 is 11.3 Å². The number of aromatic nitrogens is 2. The molecule has 0 spiro atoms. The van der Waals surface area contributed by atoms with Gasteiger partial charge in [0.1, 0.15) is 5.82 Å². The lowest BCUT2D eigenvalue weighted by molar-refractivity contribution is 0.790. The number of aryl methyl sites for hydroxylation is 1. The Kier molecular flexibility index (Phi) is 6.82. The molecule has 2 N–H and O–H groups in total. The van der Waals surface area contributed by atoms with Gasteiger partial charge in [0.05, 0.1) is 5.01 Å². The average Bonchev–Trinajstić information content (AvgIpc) is 3.36. The zero-order valence-electron chi connectivity index (χ0n) is 15.7. The number of hydrogen-bond donors (Lipinski definition) is 2. The highest BCUT2D eigenvalue weighted by Crippen LogP contribution is 2.18.